The van der Waals surface area contributed by atoms with Crippen molar-refractivity contribution in [2.24, 2.45) is 5.92 Å². The van der Waals surface area contributed by atoms with Crippen LogP contribution in [0.4, 0.5) is 0 Å². The monoisotopic (exact) mass is 303 g/mol. The Kier molecular flexibility index (Phi) is 3.70. The molecule has 0 saturated heterocycles. The van der Waals surface area contributed by atoms with Crippen molar-refractivity contribution in [3.8, 4) is 0 Å². The first kappa shape index (κ1) is 15.7. The highest BCUT2D eigenvalue weighted by Gasteiger charge is 2.68. The number of aliphatic carboxylic acids is 2. The SMILES string of the molecule is O=C(O)C1C([N+](=O)[O-])=CC([N+](=O)[O-])=CC1(C(=O)O)[N+](=O)[O-]. The van der Waals surface area contributed by atoms with Crippen LogP contribution in [0.5, 0.6) is 0 Å². The van der Waals surface area contributed by atoms with Crippen molar-refractivity contribution in [3.63, 3.8) is 0 Å². The minimum atomic E-state index is -3.55. The molecule has 0 amide bonds. The number of hydrogen-bond donors (Lipinski definition) is 2. The Morgan fingerprint density at radius 1 is 1.10 bits per heavy atom. The third-order valence-corrected chi connectivity index (χ3v) is 2.71. The minimum Gasteiger partial charge on any atom is -0.480 e. The van der Waals surface area contributed by atoms with Crippen LogP contribution in [0.15, 0.2) is 23.5 Å². The fourth-order valence-corrected chi connectivity index (χ4v) is 1.81. The summed E-state index contributed by atoms with van der Waals surface area (Å²) in [7, 11) is 0. The molecule has 0 saturated carbocycles. The van der Waals surface area contributed by atoms with Crippen LogP contribution in [0.1, 0.15) is 0 Å². The summed E-state index contributed by atoms with van der Waals surface area (Å²) in [4.78, 5) is 50.3. The molecular formula is C8H5N3O10. The van der Waals surface area contributed by atoms with Gasteiger partial charge in [0.15, 0.2) is 0 Å². The van der Waals surface area contributed by atoms with Crippen molar-refractivity contribution in [2.45, 2.75) is 5.54 Å². The molecule has 0 aliphatic heterocycles. The average Bonchev–Trinajstić information content (AvgIpc) is 2.35. The molecular weight excluding hydrogens is 298 g/mol. The van der Waals surface area contributed by atoms with Gasteiger partial charge in [-0.15, -0.1) is 0 Å². The lowest BCUT2D eigenvalue weighted by atomic mass is 9.78. The predicted octanol–water partition coefficient (Wildman–Crippen LogP) is -0.878. The van der Waals surface area contributed by atoms with Crippen LogP contribution in [0.2, 0.25) is 0 Å². The smallest absolute Gasteiger partial charge is 0.388 e. The van der Waals surface area contributed by atoms with Crippen LogP contribution < -0.4 is 0 Å². The standard InChI is InChI=1S/C8H5N3O10/c12-6(13)5-4(10(18)19)1-3(9(16)17)2-8(5,7(14)15)11(20)21/h1-2,5H,(H,12,13)(H,14,15). The number of nitrogens with zero attached hydrogens (tertiary/aromatic N) is 3. The Morgan fingerprint density at radius 2 is 1.62 bits per heavy atom. The second-order valence-corrected chi connectivity index (χ2v) is 3.81. The summed E-state index contributed by atoms with van der Waals surface area (Å²) < 4.78 is 0. The van der Waals surface area contributed by atoms with Gasteiger partial charge in [-0.1, -0.05) is 0 Å². The lowest BCUT2D eigenvalue weighted by Gasteiger charge is -2.23. The molecule has 112 valence electrons. The van der Waals surface area contributed by atoms with Crippen molar-refractivity contribution in [1.29, 1.82) is 0 Å². The summed E-state index contributed by atoms with van der Waals surface area (Å²) in [5, 5.41) is 50.3. The van der Waals surface area contributed by atoms with E-state index < -0.39 is 49.6 Å². The summed E-state index contributed by atoms with van der Waals surface area (Å²) in [5.74, 6) is -7.26. The minimum absolute atomic E-state index is 0.0267. The third-order valence-electron chi connectivity index (χ3n) is 2.71. The summed E-state index contributed by atoms with van der Waals surface area (Å²) >= 11 is 0. The maximum atomic E-state index is 11.1. The number of carbonyl (C=O) groups is 2. The number of hydrogen-bond acceptors (Lipinski definition) is 8. The van der Waals surface area contributed by atoms with Gasteiger partial charge < -0.3 is 10.2 Å². The zero-order valence-corrected chi connectivity index (χ0v) is 9.73. The lowest BCUT2D eigenvalue weighted by Crippen LogP contribution is -2.56. The highest BCUT2D eigenvalue weighted by molar-refractivity contribution is 5.90. The maximum Gasteiger partial charge on any atom is 0.388 e. The molecule has 0 heterocycles. The van der Waals surface area contributed by atoms with Crippen LogP contribution in [0.3, 0.4) is 0 Å². The summed E-state index contributed by atoms with van der Waals surface area (Å²) in [6, 6.07) is 0. The molecule has 21 heavy (non-hydrogen) atoms. The molecule has 2 unspecified atom stereocenters. The van der Waals surface area contributed by atoms with E-state index in [2.05, 4.69) is 0 Å². The summed E-state index contributed by atoms with van der Waals surface area (Å²) in [5.41, 5.74) is -6.26. The molecule has 1 aliphatic carbocycles. The first-order valence-electron chi connectivity index (χ1n) is 4.89. The van der Waals surface area contributed by atoms with Crippen molar-refractivity contribution in [2.75, 3.05) is 0 Å². The van der Waals surface area contributed by atoms with Crippen LogP contribution >= 0.6 is 0 Å². The van der Waals surface area contributed by atoms with Gasteiger partial charge in [0.05, 0.1) is 22.0 Å². The molecule has 13 heteroatoms. The molecule has 2 N–H and O–H groups in total. The molecule has 0 fully saturated rings. The van der Waals surface area contributed by atoms with Crippen LogP contribution in [-0.2, 0) is 9.59 Å². The van der Waals surface area contributed by atoms with E-state index in [1.54, 1.807) is 0 Å². The largest absolute Gasteiger partial charge is 0.480 e. The average molecular weight is 303 g/mol. The molecule has 0 bridgehead atoms. The Labute approximate surface area is 113 Å². The van der Waals surface area contributed by atoms with E-state index in [0.717, 1.165) is 0 Å². The van der Waals surface area contributed by atoms with Gasteiger partial charge in [0.25, 0.3) is 11.4 Å². The normalized spacial score (nSPS) is 24.5. The molecule has 1 aliphatic rings. The quantitative estimate of drug-likeness (QED) is 0.473. The molecule has 0 aromatic rings. The van der Waals surface area contributed by atoms with Gasteiger partial charge in [0.2, 0.25) is 5.92 Å². The first-order valence-corrected chi connectivity index (χ1v) is 4.89. The Hall–Kier alpha value is -3.38. The second kappa shape index (κ2) is 4.95. The van der Waals surface area contributed by atoms with Gasteiger partial charge >= 0.3 is 17.5 Å². The van der Waals surface area contributed by atoms with E-state index >= 15 is 0 Å². The second-order valence-electron chi connectivity index (χ2n) is 3.81. The predicted molar refractivity (Wildman–Crippen MR) is 58.6 cm³/mol. The molecule has 1 rings (SSSR count). The van der Waals surface area contributed by atoms with Crippen LogP contribution in [-0.4, -0.2) is 42.5 Å². The van der Waals surface area contributed by atoms with E-state index in [1.807, 2.05) is 0 Å². The van der Waals surface area contributed by atoms with E-state index in [0.29, 0.717) is 0 Å². The fourth-order valence-electron chi connectivity index (χ4n) is 1.81. The van der Waals surface area contributed by atoms with Gasteiger partial charge in [0.1, 0.15) is 0 Å². The highest BCUT2D eigenvalue weighted by Crippen LogP contribution is 2.36. The van der Waals surface area contributed by atoms with E-state index in [9.17, 15) is 39.9 Å². The zero-order chi connectivity index (χ0) is 16.5. The van der Waals surface area contributed by atoms with Gasteiger partial charge in [-0.25, -0.2) is 4.79 Å². The van der Waals surface area contributed by atoms with Gasteiger partial charge in [-0.05, 0) is 0 Å². The molecule has 13 nitrogen and oxygen atoms in total. The van der Waals surface area contributed by atoms with Gasteiger partial charge in [0, 0.05) is 4.92 Å². The molecule has 0 aromatic carbocycles. The molecule has 2 atom stereocenters. The van der Waals surface area contributed by atoms with Crippen molar-refractivity contribution in [3.05, 3.63) is 53.9 Å². The Bertz CT molecular complexity index is 618. The number of nitro groups is 3. The molecule has 0 spiro atoms. The topological polar surface area (TPSA) is 204 Å². The molecule has 0 aromatic heterocycles. The summed E-state index contributed by atoms with van der Waals surface area (Å²) in [6.07, 6.45) is 0.157. The van der Waals surface area contributed by atoms with Crippen LogP contribution in [0.25, 0.3) is 0 Å². The fraction of sp³-hybridized carbons (Fsp3) is 0.250. The van der Waals surface area contributed by atoms with Crippen LogP contribution in [0, 0.1) is 36.3 Å². The highest BCUT2D eigenvalue weighted by atomic mass is 16.6. The first-order chi connectivity index (χ1) is 9.55. The Balaban J connectivity index is 3.80. The van der Waals surface area contributed by atoms with Gasteiger partial charge in [-0.3, -0.25) is 35.1 Å². The maximum absolute atomic E-state index is 11.1. The molecule has 0 radical (unpaired) electrons. The third kappa shape index (κ3) is 2.26. The van der Waals surface area contributed by atoms with E-state index in [4.69, 9.17) is 10.2 Å². The number of rotatable bonds is 5. The Morgan fingerprint density at radius 3 is 1.90 bits per heavy atom. The van der Waals surface area contributed by atoms with Crippen molar-refractivity contribution in [1.82, 2.24) is 0 Å². The lowest BCUT2D eigenvalue weighted by molar-refractivity contribution is -0.558. The van der Waals surface area contributed by atoms with Crippen molar-refractivity contribution >= 4 is 11.9 Å². The van der Waals surface area contributed by atoms with E-state index in [-0.39, 0.29) is 12.2 Å². The van der Waals surface area contributed by atoms with Gasteiger partial charge in [-0.2, -0.15) is 0 Å². The number of carboxylic acid groups (broad SMARTS) is 2. The number of allylic oxidation sites excluding steroid dienone is 1. The zero-order valence-electron chi connectivity index (χ0n) is 9.73. The summed E-state index contributed by atoms with van der Waals surface area (Å²) in [6.45, 7) is 0. The number of carboxylic acids is 2. The van der Waals surface area contributed by atoms with Crippen molar-refractivity contribution < 1.29 is 34.6 Å². The van der Waals surface area contributed by atoms with E-state index in [1.165, 1.54) is 0 Å².